The van der Waals surface area contributed by atoms with Crippen LogP contribution in [0.3, 0.4) is 0 Å². The summed E-state index contributed by atoms with van der Waals surface area (Å²) in [4.78, 5) is 0. The van der Waals surface area contributed by atoms with Gasteiger partial charge < -0.3 is 10.5 Å². The Bertz CT molecular complexity index is 364. The van der Waals surface area contributed by atoms with Crippen LogP contribution in [0.2, 0.25) is 10.0 Å². The van der Waals surface area contributed by atoms with Gasteiger partial charge in [0.25, 0.3) is 0 Å². The molecule has 2 nitrogen and oxygen atoms in total. The second-order valence-electron chi connectivity index (χ2n) is 3.83. The summed E-state index contributed by atoms with van der Waals surface area (Å²) in [6.07, 6.45) is 2.51. The monoisotopic (exact) mass is 245 g/mol. The zero-order valence-electron chi connectivity index (χ0n) is 8.30. The lowest BCUT2D eigenvalue weighted by molar-refractivity contribution is 0.297. The Hall–Kier alpha value is -0.440. The number of hydrogen-bond acceptors (Lipinski definition) is 2. The van der Waals surface area contributed by atoms with Crippen molar-refractivity contribution in [3.63, 3.8) is 0 Å². The summed E-state index contributed by atoms with van der Waals surface area (Å²) in [5.41, 5.74) is 6.48. The Balaban J connectivity index is 2.17. The molecule has 0 unspecified atom stereocenters. The molecule has 2 rings (SSSR count). The molecule has 1 aliphatic carbocycles. The normalized spacial score (nSPS) is 15.4. The Morgan fingerprint density at radius 1 is 1.33 bits per heavy atom. The number of benzene rings is 1. The van der Waals surface area contributed by atoms with E-state index in [1.54, 1.807) is 12.1 Å². The number of nitrogens with two attached hydrogens (primary N) is 1. The van der Waals surface area contributed by atoms with Crippen LogP contribution in [0.25, 0.3) is 0 Å². The highest BCUT2D eigenvalue weighted by Gasteiger charge is 2.23. The third-order valence-electron chi connectivity index (χ3n) is 2.47. The summed E-state index contributed by atoms with van der Waals surface area (Å²) in [6.45, 7) is 1.12. The minimum Gasteiger partial charge on any atom is -0.491 e. The number of rotatable bonds is 4. The first-order chi connectivity index (χ1) is 7.20. The largest absolute Gasteiger partial charge is 0.491 e. The zero-order valence-corrected chi connectivity index (χ0v) is 9.81. The van der Waals surface area contributed by atoms with Crippen molar-refractivity contribution >= 4 is 23.2 Å². The molecule has 0 spiro atoms. The summed E-state index contributed by atoms with van der Waals surface area (Å²) in [5, 5.41) is 1.14. The Morgan fingerprint density at radius 3 is 2.67 bits per heavy atom. The van der Waals surface area contributed by atoms with E-state index in [1.165, 1.54) is 12.8 Å². The van der Waals surface area contributed by atoms with Crippen LogP contribution < -0.4 is 10.5 Å². The van der Waals surface area contributed by atoms with Gasteiger partial charge in [-0.3, -0.25) is 0 Å². The molecule has 4 heteroatoms. The molecule has 0 atom stereocenters. The van der Waals surface area contributed by atoms with Gasteiger partial charge in [-0.2, -0.15) is 0 Å². The van der Waals surface area contributed by atoms with Crippen molar-refractivity contribution in [2.24, 2.45) is 11.7 Å². The molecule has 1 fully saturated rings. The third kappa shape index (κ3) is 2.77. The standard InChI is InChI=1S/C11H13Cl2NO/c12-9-3-8(5-14)11(10(13)4-9)15-6-7-1-2-7/h3-4,7H,1-2,5-6,14H2. The van der Waals surface area contributed by atoms with Crippen LogP contribution in [0, 0.1) is 5.92 Å². The van der Waals surface area contributed by atoms with Gasteiger partial charge in [0.15, 0.2) is 0 Å². The topological polar surface area (TPSA) is 35.2 Å². The minimum atomic E-state index is 0.389. The fourth-order valence-electron chi connectivity index (χ4n) is 1.41. The highest BCUT2D eigenvalue weighted by Crippen LogP contribution is 2.35. The van der Waals surface area contributed by atoms with Gasteiger partial charge in [0.1, 0.15) is 5.75 Å². The van der Waals surface area contributed by atoms with E-state index in [-0.39, 0.29) is 0 Å². The van der Waals surface area contributed by atoms with Gasteiger partial charge in [-0.15, -0.1) is 0 Å². The Labute approximate surface area is 99.3 Å². The molecule has 0 aliphatic heterocycles. The molecule has 0 amide bonds. The van der Waals surface area contributed by atoms with Crippen LogP contribution in [0.4, 0.5) is 0 Å². The maximum absolute atomic E-state index is 6.05. The maximum atomic E-state index is 6.05. The minimum absolute atomic E-state index is 0.389. The van der Waals surface area contributed by atoms with Crippen molar-refractivity contribution in [2.45, 2.75) is 19.4 Å². The quantitative estimate of drug-likeness (QED) is 0.885. The summed E-state index contributed by atoms with van der Waals surface area (Å²) in [5.74, 6) is 1.39. The van der Waals surface area contributed by atoms with E-state index in [0.29, 0.717) is 28.3 Å². The summed E-state index contributed by atoms with van der Waals surface area (Å²) in [7, 11) is 0. The lowest BCUT2D eigenvalue weighted by atomic mass is 10.2. The van der Waals surface area contributed by atoms with Crippen LogP contribution in [0.1, 0.15) is 18.4 Å². The van der Waals surface area contributed by atoms with E-state index < -0.39 is 0 Å². The fraction of sp³-hybridized carbons (Fsp3) is 0.455. The van der Waals surface area contributed by atoms with Gasteiger partial charge in [-0.05, 0) is 30.9 Å². The second-order valence-corrected chi connectivity index (χ2v) is 4.68. The van der Waals surface area contributed by atoms with Crippen LogP contribution in [-0.4, -0.2) is 6.61 Å². The lowest BCUT2D eigenvalue weighted by Gasteiger charge is -2.12. The Kier molecular flexibility index (Phi) is 3.39. The molecule has 82 valence electrons. The molecule has 0 aromatic heterocycles. The summed E-state index contributed by atoms with van der Waals surface area (Å²) >= 11 is 11.9. The molecule has 1 saturated carbocycles. The van der Waals surface area contributed by atoms with Crippen molar-refractivity contribution in [1.29, 1.82) is 0 Å². The fourth-order valence-corrected chi connectivity index (χ4v) is 2.00. The molecule has 1 aromatic rings. The first kappa shape index (κ1) is 11.1. The lowest BCUT2D eigenvalue weighted by Crippen LogP contribution is -2.05. The molecule has 0 saturated heterocycles. The van der Waals surface area contributed by atoms with E-state index in [2.05, 4.69) is 0 Å². The molecule has 0 bridgehead atoms. The van der Waals surface area contributed by atoms with Gasteiger partial charge >= 0.3 is 0 Å². The van der Waals surface area contributed by atoms with E-state index in [1.807, 2.05) is 0 Å². The first-order valence-corrected chi connectivity index (χ1v) is 5.77. The first-order valence-electron chi connectivity index (χ1n) is 5.01. The summed E-state index contributed by atoms with van der Waals surface area (Å²) < 4.78 is 5.67. The number of halogens is 2. The molecule has 0 heterocycles. The molecular weight excluding hydrogens is 233 g/mol. The molecule has 2 N–H and O–H groups in total. The predicted octanol–water partition coefficient (Wildman–Crippen LogP) is 3.24. The SMILES string of the molecule is NCc1cc(Cl)cc(Cl)c1OCC1CC1. The number of hydrogen-bond donors (Lipinski definition) is 1. The van der Waals surface area contributed by atoms with Gasteiger partial charge in [-0.25, -0.2) is 0 Å². The van der Waals surface area contributed by atoms with Crippen LogP contribution >= 0.6 is 23.2 Å². The highest BCUT2D eigenvalue weighted by molar-refractivity contribution is 6.35. The molecular formula is C11H13Cl2NO. The number of ether oxygens (including phenoxy) is 1. The van der Waals surface area contributed by atoms with Crippen LogP contribution in [0.5, 0.6) is 5.75 Å². The maximum Gasteiger partial charge on any atom is 0.142 e. The van der Waals surface area contributed by atoms with E-state index in [9.17, 15) is 0 Å². The third-order valence-corrected chi connectivity index (χ3v) is 2.96. The van der Waals surface area contributed by atoms with Crippen molar-refractivity contribution in [1.82, 2.24) is 0 Å². The van der Waals surface area contributed by atoms with Crippen molar-refractivity contribution < 1.29 is 4.74 Å². The van der Waals surface area contributed by atoms with Crippen molar-refractivity contribution in [3.05, 3.63) is 27.7 Å². The van der Waals surface area contributed by atoms with Gasteiger partial charge in [0, 0.05) is 17.1 Å². The van der Waals surface area contributed by atoms with Gasteiger partial charge in [0.2, 0.25) is 0 Å². The predicted molar refractivity (Wildman–Crippen MR) is 62.6 cm³/mol. The molecule has 1 aliphatic rings. The van der Waals surface area contributed by atoms with Gasteiger partial charge in [-0.1, -0.05) is 23.2 Å². The second kappa shape index (κ2) is 4.60. The molecule has 15 heavy (non-hydrogen) atoms. The van der Waals surface area contributed by atoms with E-state index in [0.717, 1.165) is 12.2 Å². The van der Waals surface area contributed by atoms with E-state index in [4.69, 9.17) is 33.7 Å². The van der Waals surface area contributed by atoms with Crippen molar-refractivity contribution in [3.8, 4) is 5.75 Å². The van der Waals surface area contributed by atoms with Crippen LogP contribution in [0.15, 0.2) is 12.1 Å². The Morgan fingerprint density at radius 2 is 2.07 bits per heavy atom. The molecule has 1 aromatic carbocycles. The van der Waals surface area contributed by atoms with Crippen molar-refractivity contribution in [2.75, 3.05) is 6.61 Å². The smallest absolute Gasteiger partial charge is 0.142 e. The highest BCUT2D eigenvalue weighted by atomic mass is 35.5. The zero-order chi connectivity index (χ0) is 10.8. The van der Waals surface area contributed by atoms with E-state index >= 15 is 0 Å². The van der Waals surface area contributed by atoms with Crippen LogP contribution in [-0.2, 0) is 6.54 Å². The molecule has 0 radical (unpaired) electrons. The summed E-state index contributed by atoms with van der Waals surface area (Å²) in [6, 6.07) is 3.49. The average Bonchev–Trinajstić information content (AvgIpc) is 2.99. The van der Waals surface area contributed by atoms with Gasteiger partial charge in [0.05, 0.1) is 11.6 Å². The average molecular weight is 246 g/mol.